The molecule has 0 bridgehead atoms. The average Bonchev–Trinajstić information content (AvgIpc) is 2.74. The van der Waals surface area contributed by atoms with Crippen molar-refractivity contribution in [3.05, 3.63) is 24.2 Å². The predicted octanol–water partition coefficient (Wildman–Crippen LogP) is 1.05. The molecule has 0 aliphatic carbocycles. The van der Waals surface area contributed by atoms with E-state index < -0.39 is 0 Å². The quantitative estimate of drug-likeness (QED) is 0.755. The number of fused-ring (bicyclic) bond motifs is 1. The summed E-state index contributed by atoms with van der Waals surface area (Å²) in [7, 11) is 0. The predicted molar refractivity (Wildman–Crippen MR) is 53.4 cm³/mol. The van der Waals surface area contributed by atoms with Crippen molar-refractivity contribution in [1.82, 2.24) is 15.0 Å². The van der Waals surface area contributed by atoms with Gasteiger partial charge in [-0.1, -0.05) is 0 Å². The highest BCUT2D eigenvalue weighted by Crippen LogP contribution is 2.19. The number of imidazole rings is 1. The molecule has 15 heavy (non-hydrogen) atoms. The zero-order chi connectivity index (χ0) is 10.1. The van der Waals surface area contributed by atoms with Crippen LogP contribution in [0.2, 0.25) is 0 Å². The highest BCUT2D eigenvalue weighted by atomic mass is 16.6. The Kier molecular flexibility index (Phi) is 2.12. The van der Waals surface area contributed by atoms with E-state index in [1.165, 1.54) is 0 Å². The van der Waals surface area contributed by atoms with Gasteiger partial charge in [0.15, 0.2) is 5.65 Å². The van der Waals surface area contributed by atoms with Gasteiger partial charge in [0.1, 0.15) is 11.9 Å². The summed E-state index contributed by atoms with van der Waals surface area (Å²) in [6, 6.07) is 3.82. The van der Waals surface area contributed by atoms with E-state index in [9.17, 15) is 0 Å². The van der Waals surface area contributed by atoms with E-state index in [4.69, 9.17) is 9.47 Å². The number of nitrogens with zero attached hydrogens (tertiary/aromatic N) is 2. The Hall–Kier alpha value is -1.46. The maximum atomic E-state index is 5.55. The van der Waals surface area contributed by atoms with Gasteiger partial charge in [-0.05, 0) is 12.1 Å². The van der Waals surface area contributed by atoms with E-state index in [-0.39, 0.29) is 6.10 Å². The van der Waals surface area contributed by atoms with Crippen molar-refractivity contribution in [3.63, 3.8) is 0 Å². The van der Waals surface area contributed by atoms with Gasteiger partial charge < -0.3 is 14.5 Å². The molecular weight excluding hydrogens is 194 g/mol. The summed E-state index contributed by atoms with van der Waals surface area (Å²) in [4.78, 5) is 11.7. The van der Waals surface area contributed by atoms with Crippen LogP contribution in [0.4, 0.5) is 0 Å². The van der Waals surface area contributed by atoms with Gasteiger partial charge in [0.25, 0.3) is 0 Å². The van der Waals surface area contributed by atoms with Crippen LogP contribution in [0.25, 0.3) is 11.2 Å². The molecule has 3 heterocycles. The fourth-order valence-corrected chi connectivity index (χ4v) is 1.66. The minimum atomic E-state index is -0.0899. The first-order chi connectivity index (χ1) is 7.43. The van der Waals surface area contributed by atoms with Crippen LogP contribution in [0.1, 0.15) is 11.9 Å². The molecule has 5 heteroatoms. The Labute approximate surface area is 86.4 Å². The third-order valence-electron chi connectivity index (χ3n) is 2.40. The summed E-state index contributed by atoms with van der Waals surface area (Å²) in [5.41, 5.74) is 1.66. The fraction of sp³-hybridized carbons (Fsp3) is 0.400. The van der Waals surface area contributed by atoms with Crippen LogP contribution >= 0.6 is 0 Å². The van der Waals surface area contributed by atoms with Crippen molar-refractivity contribution in [1.29, 1.82) is 0 Å². The summed E-state index contributed by atoms with van der Waals surface area (Å²) < 4.78 is 10.9. The summed E-state index contributed by atoms with van der Waals surface area (Å²) >= 11 is 0. The number of hydrogen-bond donors (Lipinski definition) is 1. The molecule has 1 aliphatic rings. The molecule has 0 spiro atoms. The second kappa shape index (κ2) is 3.60. The van der Waals surface area contributed by atoms with E-state index in [1.807, 2.05) is 12.1 Å². The zero-order valence-electron chi connectivity index (χ0n) is 8.14. The molecule has 3 rings (SSSR count). The lowest BCUT2D eigenvalue weighted by atomic mass is 10.3. The molecule has 0 saturated carbocycles. The summed E-state index contributed by atoms with van der Waals surface area (Å²) in [6.07, 6.45) is 1.64. The first-order valence-electron chi connectivity index (χ1n) is 4.93. The van der Waals surface area contributed by atoms with Gasteiger partial charge in [-0.15, -0.1) is 0 Å². The van der Waals surface area contributed by atoms with Gasteiger partial charge >= 0.3 is 0 Å². The average molecular weight is 205 g/mol. The molecule has 0 aromatic carbocycles. The standard InChI is InChI=1S/C10H11N3O2/c1-2-7-9(11-3-1)13-10(12-7)8-6-14-4-5-15-8/h1-3,8H,4-6H2,(H,11,12,13). The van der Waals surface area contributed by atoms with E-state index in [0.29, 0.717) is 19.8 Å². The molecule has 1 N–H and O–H groups in total. The number of H-pyrrole nitrogens is 1. The number of aromatic nitrogens is 3. The molecule has 1 unspecified atom stereocenters. The van der Waals surface area contributed by atoms with Gasteiger partial charge in [0.05, 0.1) is 25.3 Å². The van der Waals surface area contributed by atoms with E-state index in [2.05, 4.69) is 15.0 Å². The van der Waals surface area contributed by atoms with Crippen LogP contribution in [0.5, 0.6) is 0 Å². The van der Waals surface area contributed by atoms with Crippen LogP contribution in [-0.2, 0) is 9.47 Å². The molecule has 1 aliphatic heterocycles. The molecular formula is C10H11N3O2. The molecule has 1 saturated heterocycles. The number of hydrogen-bond acceptors (Lipinski definition) is 4. The Morgan fingerprint density at radius 3 is 3.20 bits per heavy atom. The van der Waals surface area contributed by atoms with Crippen LogP contribution < -0.4 is 0 Å². The maximum absolute atomic E-state index is 5.55. The number of rotatable bonds is 1. The Bertz CT molecular complexity index is 429. The lowest BCUT2D eigenvalue weighted by Crippen LogP contribution is -2.22. The molecule has 0 amide bonds. The SMILES string of the molecule is c1cnc2nc(C3COCCO3)[nH]c2c1. The molecule has 1 atom stereocenters. The Morgan fingerprint density at radius 2 is 2.40 bits per heavy atom. The number of pyridine rings is 1. The van der Waals surface area contributed by atoms with Crippen molar-refractivity contribution in [2.45, 2.75) is 6.10 Å². The monoisotopic (exact) mass is 205 g/mol. The maximum Gasteiger partial charge on any atom is 0.177 e. The summed E-state index contributed by atoms with van der Waals surface area (Å²) in [5.74, 6) is 0.795. The second-order valence-corrected chi connectivity index (χ2v) is 3.43. The molecule has 5 nitrogen and oxygen atoms in total. The molecule has 2 aromatic heterocycles. The van der Waals surface area contributed by atoms with Crippen LogP contribution in [0.3, 0.4) is 0 Å². The third-order valence-corrected chi connectivity index (χ3v) is 2.40. The third kappa shape index (κ3) is 1.60. The molecule has 1 fully saturated rings. The minimum Gasteiger partial charge on any atom is -0.376 e. The van der Waals surface area contributed by atoms with Gasteiger partial charge in [0.2, 0.25) is 0 Å². The van der Waals surface area contributed by atoms with Crippen molar-refractivity contribution in [3.8, 4) is 0 Å². The highest BCUT2D eigenvalue weighted by Gasteiger charge is 2.20. The highest BCUT2D eigenvalue weighted by molar-refractivity contribution is 5.69. The number of ether oxygens (including phenoxy) is 2. The Morgan fingerprint density at radius 1 is 1.40 bits per heavy atom. The van der Waals surface area contributed by atoms with Crippen LogP contribution in [0, 0.1) is 0 Å². The van der Waals surface area contributed by atoms with Crippen LogP contribution in [-0.4, -0.2) is 34.8 Å². The summed E-state index contributed by atoms with van der Waals surface area (Å²) in [5, 5.41) is 0. The van der Waals surface area contributed by atoms with Crippen molar-refractivity contribution in [2.75, 3.05) is 19.8 Å². The van der Waals surface area contributed by atoms with Crippen molar-refractivity contribution >= 4 is 11.2 Å². The zero-order valence-corrected chi connectivity index (χ0v) is 8.14. The van der Waals surface area contributed by atoms with Crippen molar-refractivity contribution in [2.24, 2.45) is 0 Å². The molecule has 0 radical (unpaired) electrons. The fourth-order valence-electron chi connectivity index (χ4n) is 1.66. The normalized spacial score (nSPS) is 22.0. The minimum absolute atomic E-state index is 0.0899. The number of nitrogens with one attached hydrogen (secondary N) is 1. The summed E-state index contributed by atoms with van der Waals surface area (Å²) in [6.45, 7) is 1.84. The number of aromatic amines is 1. The Balaban J connectivity index is 1.96. The molecule has 78 valence electrons. The van der Waals surface area contributed by atoms with Gasteiger partial charge in [-0.3, -0.25) is 0 Å². The van der Waals surface area contributed by atoms with Gasteiger partial charge in [-0.2, -0.15) is 0 Å². The smallest absolute Gasteiger partial charge is 0.177 e. The van der Waals surface area contributed by atoms with E-state index >= 15 is 0 Å². The lowest BCUT2D eigenvalue weighted by molar-refractivity contribution is -0.0931. The topological polar surface area (TPSA) is 60.0 Å². The van der Waals surface area contributed by atoms with Crippen LogP contribution in [0.15, 0.2) is 18.3 Å². The van der Waals surface area contributed by atoms with Crippen molar-refractivity contribution < 1.29 is 9.47 Å². The van der Waals surface area contributed by atoms with Gasteiger partial charge in [0, 0.05) is 6.20 Å². The lowest BCUT2D eigenvalue weighted by Gasteiger charge is -2.20. The van der Waals surface area contributed by atoms with E-state index in [1.54, 1.807) is 6.20 Å². The largest absolute Gasteiger partial charge is 0.376 e. The van der Waals surface area contributed by atoms with E-state index in [0.717, 1.165) is 17.0 Å². The molecule has 2 aromatic rings. The second-order valence-electron chi connectivity index (χ2n) is 3.43. The first kappa shape index (κ1) is 8.82. The first-order valence-corrected chi connectivity index (χ1v) is 4.93. The van der Waals surface area contributed by atoms with Gasteiger partial charge in [-0.25, -0.2) is 9.97 Å².